The highest BCUT2D eigenvalue weighted by molar-refractivity contribution is 6.31. The fourth-order valence-electron chi connectivity index (χ4n) is 5.22. The van der Waals surface area contributed by atoms with Crippen molar-refractivity contribution < 1.29 is 4.79 Å². The van der Waals surface area contributed by atoms with E-state index in [0.29, 0.717) is 51.0 Å². The van der Waals surface area contributed by atoms with Crippen LogP contribution in [-0.4, -0.2) is 85.7 Å². The topological polar surface area (TPSA) is 94.1 Å². The number of nitrogens with zero attached hydrogens (tertiary/aromatic N) is 7. The second-order valence-corrected chi connectivity index (χ2v) is 10.2. The maximum Gasteiger partial charge on any atom is 0.253 e. The Kier molecular flexibility index (Phi) is 7.41. The van der Waals surface area contributed by atoms with Gasteiger partial charge in [-0.05, 0) is 50.5 Å². The zero-order valence-electron chi connectivity index (χ0n) is 20.5. The first-order valence-electron chi connectivity index (χ1n) is 12.4. The van der Waals surface area contributed by atoms with Crippen molar-refractivity contribution in [1.82, 2.24) is 34.9 Å². The van der Waals surface area contributed by atoms with Crippen molar-refractivity contribution in [2.75, 3.05) is 37.6 Å². The fraction of sp³-hybridized carbons (Fsp3) is 0.480. The van der Waals surface area contributed by atoms with E-state index in [9.17, 15) is 4.79 Å². The number of hydrogen-bond acceptors (Lipinski definition) is 7. The molecule has 1 N–H and O–H groups in total. The fourth-order valence-corrected chi connectivity index (χ4v) is 5.60. The summed E-state index contributed by atoms with van der Waals surface area (Å²) < 4.78 is 0. The molecule has 2 aliphatic heterocycles. The Labute approximate surface area is 220 Å². The minimum Gasteiger partial charge on any atom is -0.351 e. The van der Waals surface area contributed by atoms with E-state index >= 15 is 0 Å². The molecule has 1 atom stereocenters. The number of amides is 1. The number of halogens is 2. The number of benzene rings is 1. The molecule has 4 heterocycles. The molecule has 1 unspecified atom stereocenters. The Hall–Kier alpha value is -2.75. The molecule has 2 aromatic heterocycles. The molecule has 2 aliphatic rings. The second kappa shape index (κ2) is 10.7. The average Bonchev–Trinajstić information content (AvgIpc) is 3.34. The number of anilines is 1. The van der Waals surface area contributed by atoms with E-state index in [2.05, 4.69) is 41.9 Å². The molecule has 11 heteroatoms. The van der Waals surface area contributed by atoms with Crippen LogP contribution in [0.1, 0.15) is 42.4 Å². The van der Waals surface area contributed by atoms with Crippen molar-refractivity contribution >= 4 is 34.9 Å². The molecule has 190 valence electrons. The number of carbonyl (C=O) groups excluding carboxylic acids is 1. The summed E-state index contributed by atoms with van der Waals surface area (Å²) in [4.78, 5) is 33.1. The maximum absolute atomic E-state index is 12.9. The predicted octanol–water partition coefficient (Wildman–Crippen LogP) is 4.08. The van der Waals surface area contributed by atoms with E-state index in [1.807, 2.05) is 11.8 Å². The third-order valence-electron chi connectivity index (χ3n) is 7.15. The van der Waals surface area contributed by atoms with E-state index in [4.69, 9.17) is 23.2 Å². The zero-order chi connectivity index (χ0) is 25.2. The van der Waals surface area contributed by atoms with E-state index in [-0.39, 0.29) is 5.91 Å². The lowest BCUT2D eigenvalue weighted by atomic mass is 9.97. The van der Waals surface area contributed by atoms with Crippen molar-refractivity contribution in [2.24, 2.45) is 0 Å². The molecular weight excluding hydrogens is 499 g/mol. The second-order valence-electron chi connectivity index (χ2n) is 9.39. The number of likely N-dealkylation sites (tertiary alicyclic amines) is 1. The summed E-state index contributed by atoms with van der Waals surface area (Å²) in [6.45, 7) is 8.19. The summed E-state index contributed by atoms with van der Waals surface area (Å²) in [6, 6.07) is 7.99. The quantitative estimate of drug-likeness (QED) is 0.532. The minimum atomic E-state index is 0.0823. The number of carbonyl (C=O) groups is 1. The minimum absolute atomic E-state index is 0.0823. The summed E-state index contributed by atoms with van der Waals surface area (Å²) >= 11 is 12.5. The van der Waals surface area contributed by atoms with Crippen LogP contribution in [-0.2, 0) is 0 Å². The predicted molar refractivity (Wildman–Crippen MR) is 141 cm³/mol. The molecule has 1 aromatic carbocycles. The number of hydrogen-bond donors (Lipinski definition) is 1. The van der Waals surface area contributed by atoms with Gasteiger partial charge in [-0.1, -0.05) is 30.1 Å². The summed E-state index contributed by atoms with van der Waals surface area (Å²) in [5, 5.41) is 7.97. The summed E-state index contributed by atoms with van der Waals surface area (Å²) in [5.74, 6) is 1.99. The number of aromatic nitrogens is 5. The van der Waals surface area contributed by atoms with E-state index < -0.39 is 0 Å². The van der Waals surface area contributed by atoms with Crippen LogP contribution in [0.2, 0.25) is 10.2 Å². The Balaban J connectivity index is 1.20. The third kappa shape index (κ3) is 5.19. The van der Waals surface area contributed by atoms with Crippen LogP contribution < -0.4 is 4.90 Å². The van der Waals surface area contributed by atoms with Crippen molar-refractivity contribution in [3.8, 4) is 11.5 Å². The summed E-state index contributed by atoms with van der Waals surface area (Å²) in [7, 11) is 0. The highest BCUT2D eigenvalue weighted by Gasteiger charge is 2.35. The Morgan fingerprint density at radius 2 is 1.83 bits per heavy atom. The normalized spacial score (nSPS) is 19.6. The smallest absolute Gasteiger partial charge is 0.253 e. The zero-order valence-corrected chi connectivity index (χ0v) is 22.0. The van der Waals surface area contributed by atoms with Crippen LogP contribution in [0.3, 0.4) is 0 Å². The molecule has 0 spiro atoms. The van der Waals surface area contributed by atoms with Gasteiger partial charge in [0.05, 0.1) is 6.20 Å². The Morgan fingerprint density at radius 3 is 2.47 bits per heavy atom. The highest BCUT2D eigenvalue weighted by atomic mass is 35.5. The summed E-state index contributed by atoms with van der Waals surface area (Å²) in [6.07, 6.45) is 4.66. The van der Waals surface area contributed by atoms with E-state index in [1.54, 1.807) is 30.5 Å². The first kappa shape index (κ1) is 24.9. The number of H-pyrrole nitrogens is 1. The number of aryl methyl sites for hydroxylation is 1. The van der Waals surface area contributed by atoms with Crippen LogP contribution in [0, 0.1) is 6.92 Å². The lowest BCUT2D eigenvalue weighted by Crippen LogP contribution is -2.58. The molecule has 0 bridgehead atoms. The van der Waals surface area contributed by atoms with Crippen molar-refractivity contribution in [3.05, 3.63) is 52.0 Å². The number of nitrogens with one attached hydrogen (secondary N) is 1. The lowest BCUT2D eigenvalue weighted by Gasteiger charge is -2.47. The lowest BCUT2D eigenvalue weighted by molar-refractivity contribution is 0.0491. The Morgan fingerprint density at radius 1 is 1.08 bits per heavy atom. The third-order valence-corrected chi connectivity index (χ3v) is 7.66. The number of aromatic amines is 1. The highest BCUT2D eigenvalue weighted by Crippen LogP contribution is 2.29. The van der Waals surface area contributed by atoms with Gasteiger partial charge >= 0.3 is 0 Å². The van der Waals surface area contributed by atoms with Crippen LogP contribution in [0.5, 0.6) is 0 Å². The van der Waals surface area contributed by atoms with Crippen LogP contribution in [0.4, 0.5) is 5.82 Å². The van der Waals surface area contributed by atoms with Crippen LogP contribution in [0.25, 0.3) is 11.5 Å². The average molecular weight is 529 g/mol. The van der Waals surface area contributed by atoms with Gasteiger partial charge < -0.3 is 9.80 Å². The number of rotatable bonds is 5. The van der Waals surface area contributed by atoms with Gasteiger partial charge in [-0.15, -0.1) is 0 Å². The molecule has 3 aromatic rings. The first-order valence-corrected chi connectivity index (χ1v) is 13.2. The number of piperazine rings is 1. The molecule has 2 saturated heterocycles. The molecule has 2 fully saturated rings. The largest absolute Gasteiger partial charge is 0.351 e. The molecule has 9 nitrogen and oxygen atoms in total. The standard InChI is InChI=1S/C25H30Cl2N8O/c1-3-19-15-34(24-22(27)30-21(14-28-24)23-29-16(2)31-32-23)12-13-35(19)20-8-10-33(11-9-20)25(36)17-4-6-18(26)7-5-17/h4-7,14,19-20H,3,8-13,15H2,1-2H3,(H,29,31,32). The van der Waals surface area contributed by atoms with Gasteiger partial charge in [0.15, 0.2) is 11.0 Å². The SMILES string of the molecule is CCC1CN(c2ncc(-c3n[nH]c(C)n3)nc2Cl)CCN1C1CCN(C(=O)c2ccc(Cl)cc2)CC1. The molecule has 1 amide bonds. The van der Waals surface area contributed by atoms with Gasteiger partial charge in [-0.2, -0.15) is 5.10 Å². The molecule has 5 rings (SSSR count). The van der Waals surface area contributed by atoms with E-state index in [1.165, 1.54) is 0 Å². The van der Waals surface area contributed by atoms with Gasteiger partial charge in [0, 0.05) is 55.4 Å². The maximum atomic E-state index is 12.9. The first-order chi connectivity index (χ1) is 17.4. The molecule has 0 aliphatic carbocycles. The van der Waals surface area contributed by atoms with Crippen molar-refractivity contribution in [2.45, 2.75) is 45.2 Å². The van der Waals surface area contributed by atoms with Crippen molar-refractivity contribution in [1.29, 1.82) is 0 Å². The van der Waals surface area contributed by atoms with Crippen LogP contribution in [0.15, 0.2) is 30.5 Å². The molecular formula is C25H30Cl2N8O. The number of piperidine rings is 1. The van der Waals surface area contributed by atoms with Crippen molar-refractivity contribution in [3.63, 3.8) is 0 Å². The molecule has 0 saturated carbocycles. The van der Waals surface area contributed by atoms with Gasteiger partial charge in [-0.25, -0.2) is 15.0 Å². The van der Waals surface area contributed by atoms with Crippen LogP contribution >= 0.6 is 23.2 Å². The van der Waals surface area contributed by atoms with Gasteiger partial charge in [0.25, 0.3) is 5.91 Å². The summed E-state index contributed by atoms with van der Waals surface area (Å²) in [5.41, 5.74) is 1.25. The monoisotopic (exact) mass is 528 g/mol. The van der Waals surface area contributed by atoms with Gasteiger partial charge in [0.1, 0.15) is 11.5 Å². The van der Waals surface area contributed by atoms with Gasteiger partial charge in [-0.3, -0.25) is 14.8 Å². The molecule has 36 heavy (non-hydrogen) atoms. The molecule has 0 radical (unpaired) electrons. The van der Waals surface area contributed by atoms with Gasteiger partial charge in [0.2, 0.25) is 5.82 Å². The Bertz CT molecular complexity index is 1210. The van der Waals surface area contributed by atoms with E-state index in [0.717, 1.165) is 52.0 Å².